The summed E-state index contributed by atoms with van der Waals surface area (Å²) in [5.41, 5.74) is 0. The predicted molar refractivity (Wildman–Crippen MR) is 56.7 cm³/mol. The van der Waals surface area contributed by atoms with E-state index in [-0.39, 0.29) is 0 Å². The topological polar surface area (TPSA) is 0 Å². The van der Waals surface area contributed by atoms with Crippen LogP contribution >= 0.6 is 11.8 Å². The maximum atomic E-state index is 2.55. The Balaban J connectivity index is 1.75. The summed E-state index contributed by atoms with van der Waals surface area (Å²) in [6.45, 7) is 0. The molecule has 0 radical (unpaired) electrons. The van der Waals surface area contributed by atoms with Crippen molar-refractivity contribution < 1.29 is 0 Å². The SMILES string of the molecule is C1=C[C@@H]2[C@H]3C[C@@H]([C@@H]2C1)[C@@H]1SCC[C@H]31. The summed E-state index contributed by atoms with van der Waals surface area (Å²) >= 11 is 2.30. The van der Waals surface area contributed by atoms with Gasteiger partial charge in [0.05, 0.1) is 0 Å². The van der Waals surface area contributed by atoms with Crippen molar-refractivity contribution in [3.63, 3.8) is 0 Å². The molecular formula is C12H16S. The fourth-order valence-corrected chi connectivity index (χ4v) is 6.45. The second-order valence-electron chi connectivity index (χ2n) is 5.26. The van der Waals surface area contributed by atoms with E-state index in [1.54, 1.807) is 6.42 Å². The Morgan fingerprint density at radius 1 is 1.08 bits per heavy atom. The van der Waals surface area contributed by atoms with Crippen LogP contribution in [0.3, 0.4) is 0 Å². The zero-order valence-corrected chi connectivity index (χ0v) is 8.67. The summed E-state index contributed by atoms with van der Waals surface area (Å²) in [6, 6.07) is 0. The molecule has 4 aliphatic rings. The molecule has 0 aromatic rings. The third-order valence-corrected chi connectivity index (χ3v) is 6.56. The van der Waals surface area contributed by atoms with E-state index in [4.69, 9.17) is 0 Å². The molecule has 1 aliphatic heterocycles. The van der Waals surface area contributed by atoms with E-state index in [1.165, 1.54) is 18.6 Å². The summed E-state index contributed by atoms with van der Waals surface area (Å²) in [5.74, 6) is 6.91. The van der Waals surface area contributed by atoms with Gasteiger partial charge in [0.1, 0.15) is 0 Å². The second-order valence-corrected chi connectivity index (χ2v) is 6.54. The minimum atomic E-state index is 1.02. The molecule has 0 aromatic heterocycles. The Morgan fingerprint density at radius 3 is 3.08 bits per heavy atom. The van der Waals surface area contributed by atoms with Crippen LogP contribution in [0.2, 0.25) is 0 Å². The van der Waals surface area contributed by atoms with Gasteiger partial charge >= 0.3 is 0 Å². The molecule has 3 aliphatic carbocycles. The largest absolute Gasteiger partial charge is 0.158 e. The zero-order valence-electron chi connectivity index (χ0n) is 7.86. The van der Waals surface area contributed by atoms with Crippen molar-refractivity contribution in [1.82, 2.24) is 0 Å². The highest BCUT2D eigenvalue weighted by molar-refractivity contribution is 8.00. The van der Waals surface area contributed by atoms with Gasteiger partial charge in [-0.15, -0.1) is 0 Å². The molecule has 0 amide bonds. The van der Waals surface area contributed by atoms with Crippen molar-refractivity contribution >= 4 is 11.8 Å². The standard InChI is InChI=1S/C12H16S/c1-2-7-8(3-1)11-6-10(7)9-4-5-13-12(9)11/h1-2,7-12H,3-6H2/t7-,8+,9+,10+,11-,12+/m0/s1. The van der Waals surface area contributed by atoms with E-state index in [1.807, 2.05) is 0 Å². The first-order chi connectivity index (χ1) is 6.45. The molecule has 1 saturated heterocycles. The molecule has 13 heavy (non-hydrogen) atoms. The van der Waals surface area contributed by atoms with Gasteiger partial charge in [-0.05, 0) is 54.6 Å². The molecule has 1 heteroatoms. The third kappa shape index (κ3) is 0.766. The second kappa shape index (κ2) is 2.36. The summed E-state index contributed by atoms with van der Waals surface area (Å²) < 4.78 is 0. The van der Waals surface area contributed by atoms with Crippen molar-refractivity contribution in [3.8, 4) is 0 Å². The summed E-state index contributed by atoms with van der Waals surface area (Å²) in [4.78, 5) is 0. The Labute approximate surface area is 84.2 Å². The number of rotatable bonds is 0. The lowest BCUT2D eigenvalue weighted by atomic mass is 9.74. The van der Waals surface area contributed by atoms with Crippen LogP contribution in [-0.4, -0.2) is 11.0 Å². The molecule has 70 valence electrons. The Bertz CT molecular complexity index is 268. The van der Waals surface area contributed by atoms with Crippen LogP contribution in [-0.2, 0) is 0 Å². The van der Waals surface area contributed by atoms with Crippen LogP contribution in [0.1, 0.15) is 19.3 Å². The molecule has 0 spiro atoms. The molecule has 2 bridgehead atoms. The molecule has 2 saturated carbocycles. The molecule has 0 nitrogen and oxygen atoms in total. The Hall–Kier alpha value is 0.0900. The van der Waals surface area contributed by atoms with Gasteiger partial charge in [-0.3, -0.25) is 0 Å². The van der Waals surface area contributed by atoms with Gasteiger partial charge in [-0.25, -0.2) is 0 Å². The maximum absolute atomic E-state index is 2.55. The van der Waals surface area contributed by atoms with E-state index in [9.17, 15) is 0 Å². The summed E-state index contributed by atoms with van der Waals surface area (Å²) in [7, 11) is 0. The van der Waals surface area contributed by atoms with Gasteiger partial charge in [0.2, 0.25) is 0 Å². The highest BCUT2D eigenvalue weighted by atomic mass is 32.2. The van der Waals surface area contributed by atoms with Gasteiger partial charge in [0.25, 0.3) is 0 Å². The molecule has 4 rings (SSSR count). The van der Waals surface area contributed by atoms with Gasteiger partial charge in [0.15, 0.2) is 0 Å². The molecule has 6 atom stereocenters. The van der Waals surface area contributed by atoms with Crippen molar-refractivity contribution in [3.05, 3.63) is 12.2 Å². The summed E-state index contributed by atoms with van der Waals surface area (Å²) in [6.07, 6.45) is 9.54. The zero-order chi connectivity index (χ0) is 8.41. The van der Waals surface area contributed by atoms with Crippen LogP contribution in [0.25, 0.3) is 0 Å². The van der Waals surface area contributed by atoms with Crippen molar-refractivity contribution in [1.29, 1.82) is 0 Å². The van der Waals surface area contributed by atoms with Crippen LogP contribution in [0.15, 0.2) is 12.2 Å². The third-order valence-electron chi connectivity index (χ3n) is 5.01. The number of fused-ring (bicyclic) bond motifs is 8. The quantitative estimate of drug-likeness (QED) is 0.532. The molecule has 0 unspecified atom stereocenters. The van der Waals surface area contributed by atoms with E-state index in [0.29, 0.717) is 0 Å². The van der Waals surface area contributed by atoms with Crippen LogP contribution in [0.5, 0.6) is 0 Å². The lowest BCUT2D eigenvalue weighted by Gasteiger charge is -2.33. The minimum Gasteiger partial charge on any atom is -0.158 e. The average Bonchev–Trinajstić information content (AvgIpc) is 2.81. The smallest absolute Gasteiger partial charge is 0.0110 e. The van der Waals surface area contributed by atoms with E-state index >= 15 is 0 Å². The highest BCUT2D eigenvalue weighted by Crippen LogP contribution is 2.64. The fourth-order valence-electron chi connectivity index (χ4n) is 4.62. The van der Waals surface area contributed by atoms with Crippen molar-refractivity contribution in [2.24, 2.45) is 29.6 Å². The summed E-state index contributed by atoms with van der Waals surface area (Å²) in [5, 5.41) is 1.09. The Morgan fingerprint density at radius 2 is 2.08 bits per heavy atom. The highest BCUT2D eigenvalue weighted by Gasteiger charge is 2.58. The van der Waals surface area contributed by atoms with Gasteiger partial charge < -0.3 is 0 Å². The van der Waals surface area contributed by atoms with Crippen LogP contribution in [0, 0.1) is 29.6 Å². The Kier molecular flexibility index (Phi) is 1.34. The van der Waals surface area contributed by atoms with Crippen molar-refractivity contribution in [2.45, 2.75) is 24.5 Å². The van der Waals surface area contributed by atoms with Gasteiger partial charge in [-0.1, -0.05) is 12.2 Å². The van der Waals surface area contributed by atoms with E-state index in [2.05, 4.69) is 23.9 Å². The molecule has 1 heterocycles. The lowest BCUT2D eigenvalue weighted by molar-refractivity contribution is 0.224. The normalized spacial score (nSPS) is 61.5. The lowest BCUT2D eigenvalue weighted by Crippen LogP contribution is -2.31. The molecule has 0 N–H and O–H groups in total. The van der Waals surface area contributed by atoms with Gasteiger partial charge in [0, 0.05) is 5.25 Å². The first kappa shape index (κ1) is 7.39. The monoisotopic (exact) mass is 192 g/mol. The predicted octanol–water partition coefficient (Wildman–Crippen LogP) is 2.95. The fraction of sp³-hybridized carbons (Fsp3) is 0.833. The minimum absolute atomic E-state index is 1.02. The number of thioether (sulfide) groups is 1. The van der Waals surface area contributed by atoms with E-state index < -0.39 is 0 Å². The maximum Gasteiger partial charge on any atom is 0.0110 e. The molecule has 0 aromatic carbocycles. The first-order valence-corrected chi connectivity index (χ1v) is 6.78. The number of hydrogen-bond donors (Lipinski definition) is 0. The number of allylic oxidation sites excluding steroid dienone is 2. The van der Waals surface area contributed by atoms with E-state index in [0.717, 1.165) is 34.8 Å². The average molecular weight is 192 g/mol. The number of hydrogen-bond acceptors (Lipinski definition) is 1. The van der Waals surface area contributed by atoms with Crippen LogP contribution < -0.4 is 0 Å². The van der Waals surface area contributed by atoms with Crippen LogP contribution in [0.4, 0.5) is 0 Å². The molecular weight excluding hydrogens is 176 g/mol. The first-order valence-electron chi connectivity index (χ1n) is 5.73. The molecule has 3 fully saturated rings. The van der Waals surface area contributed by atoms with Gasteiger partial charge in [-0.2, -0.15) is 11.8 Å². The van der Waals surface area contributed by atoms with Crippen molar-refractivity contribution in [2.75, 3.05) is 5.75 Å².